The SMILES string of the molecule is CC(=O)/C=C/c1c2c(cc3c1CCC3)CCC2. The highest BCUT2D eigenvalue weighted by Gasteiger charge is 2.22. The van der Waals surface area contributed by atoms with Gasteiger partial charge in [0, 0.05) is 0 Å². The number of rotatable bonds is 2. The Morgan fingerprint density at radius 1 is 1.06 bits per heavy atom. The van der Waals surface area contributed by atoms with Gasteiger partial charge in [-0.25, -0.2) is 0 Å². The van der Waals surface area contributed by atoms with Gasteiger partial charge < -0.3 is 0 Å². The number of hydrogen-bond donors (Lipinski definition) is 0. The Kier molecular flexibility index (Phi) is 2.62. The lowest BCUT2D eigenvalue weighted by Gasteiger charge is -2.11. The van der Waals surface area contributed by atoms with Crippen LogP contribution in [0.2, 0.25) is 0 Å². The van der Waals surface area contributed by atoms with Crippen LogP contribution in [0.1, 0.15) is 47.6 Å². The molecule has 1 aromatic rings. The van der Waals surface area contributed by atoms with Gasteiger partial charge in [0.2, 0.25) is 0 Å². The van der Waals surface area contributed by atoms with Crippen molar-refractivity contribution in [1.29, 1.82) is 0 Å². The molecule has 0 aliphatic heterocycles. The highest BCUT2D eigenvalue weighted by Crippen LogP contribution is 2.35. The number of carbonyl (C=O) groups excluding carboxylic acids is 1. The van der Waals surface area contributed by atoms with E-state index >= 15 is 0 Å². The van der Waals surface area contributed by atoms with Crippen LogP contribution in [0.15, 0.2) is 12.1 Å². The number of ketones is 1. The molecule has 88 valence electrons. The molecular formula is C16H18O. The van der Waals surface area contributed by atoms with Crippen LogP contribution in [0, 0.1) is 0 Å². The molecule has 1 heteroatoms. The Labute approximate surface area is 103 Å². The largest absolute Gasteiger partial charge is 0.295 e. The van der Waals surface area contributed by atoms with Gasteiger partial charge in [-0.3, -0.25) is 4.79 Å². The van der Waals surface area contributed by atoms with Gasteiger partial charge in [0.15, 0.2) is 5.78 Å². The normalized spacial score (nSPS) is 17.5. The minimum Gasteiger partial charge on any atom is -0.295 e. The van der Waals surface area contributed by atoms with Crippen LogP contribution >= 0.6 is 0 Å². The molecule has 0 N–H and O–H groups in total. The minimum atomic E-state index is 0.146. The van der Waals surface area contributed by atoms with Crippen LogP contribution in [-0.2, 0) is 30.5 Å². The summed E-state index contributed by atoms with van der Waals surface area (Å²) in [4.78, 5) is 11.1. The maximum absolute atomic E-state index is 11.1. The van der Waals surface area contributed by atoms with Crippen LogP contribution in [0.3, 0.4) is 0 Å². The van der Waals surface area contributed by atoms with Crippen molar-refractivity contribution in [3.8, 4) is 0 Å². The molecule has 0 unspecified atom stereocenters. The standard InChI is InChI=1S/C16H18O/c1-11(17)8-9-16-14-6-2-4-12(14)10-13-5-3-7-15(13)16/h8-10H,2-7H2,1H3/b9-8+. The highest BCUT2D eigenvalue weighted by molar-refractivity contribution is 5.92. The molecule has 2 aliphatic carbocycles. The predicted octanol–water partition coefficient (Wildman–Crippen LogP) is 3.27. The molecule has 0 fully saturated rings. The zero-order valence-corrected chi connectivity index (χ0v) is 10.4. The summed E-state index contributed by atoms with van der Waals surface area (Å²) < 4.78 is 0. The van der Waals surface area contributed by atoms with E-state index in [1.807, 2.05) is 0 Å². The van der Waals surface area contributed by atoms with Gasteiger partial charge in [0.25, 0.3) is 0 Å². The average Bonchev–Trinajstić information content (AvgIpc) is 2.90. The lowest BCUT2D eigenvalue weighted by atomic mass is 9.94. The van der Waals surface area contributed by atoms with E-state index in [1.54, 1.807) is 13.0 Å². The van der Waals surface area contributed by atoms with Gasteiger partial charge in [-0.1, -0.05) is 12.1 Å². The fraction of sp³-hybridized carbons (Fsp3) is 0.438. The Morgan fingerprint density at radius 3 is 2.18 bits per heavy atom. The predicted molar refractivity (Wildman–Crippen MR) is 70.2 cm³/mol. The first-order valence-electron chi connectivity index (χ1n) is 6.61. The van der Waals surface area contributed by atoms with E-state index in [1.165, 1.54) is 66.3 Å². The Morgan fingerprint density at radius 2 is 1.65 bits per heavy atom. The van der Waals surface area contributed by atoms with Crippen LogP contribution in [0.25, 0.3) is 6.08 Å². The van der Waals surface area contributed by atoms with E-state index in [4.69, 9.17) is 0 Å². The Balaban J connectivity index is 2.14. The van der Waals surface area contributed by atoms with E-state index in [-0.39, 0.29) is 5.78 Å². The molecule has 0 aromatic heterocycles. The van der Waals surface area contributed by atoms with Crippen LogP contribution in [0.5, 0.6) is 0 Å². The topological polar surface area (TPSA) is 17.1 Å². The number of allylic oxidation sites excluding steroid dienone is 1. The van der Waals surface area contributed by atoms with Crippen molar-refractivity contribution >= 4 is 11.9 Å². The molecule has 2 aliphatic rings. The summed E-state index contributed by atoms with van der Waals surface area (Å²) in [7, 11) is 0. The van der Waals surface area contributed by atoms with E-state index in [0.29, 0.717) is 0 Å². The summed E-state index contributed by atoms with van der Waals surface area (Å²) in [6.07, 6.45) is 11.2. The minimum absolute atomic E-state index is 0.146. The first kappa shape index (κ1) is 10.8. The Hall–Kier alpha value is -1.37. The van der Waals surface area contributed by atoms with Gasteiger partial charge in [-0.15, -0.1) is 0 Å². The first-order valence-corrected chi connectivity index (χ1v) is 6.61. The highest BCUT2D eigenvalue weighted by atomic mass is 16.1. The van der Waals surface area contributed by atoms with E-state index in [2.05, 4.69) is 12.1 Å². The molecule has 0 bridgehead atoms. The third-order valence-electron chi connectivity index (χ3n) is 4.00. The van der Waals surface area contributed by atoms with Crippen molar-refractivity contribution in [2.45, 2.75) is 45.4 Å². The smallest absolute Gasteiger partial charge is 0.152 e. The maximum atomic E-state index is 11.1. The number of hydrogen-bond acceptors (Lipinski definition) is 1. The molecule has 0 radical (unpaired) electrons. The molecule has 0 spiro atoms. The maximum Gasteiger partial charge on any atom is 0.152 e. The second-order valence-electron chi connectivity index (χ2n) is 5.22. The van der Waals surface area contributed by atoms with Crippen molar-refractivity contribution in [3.05, 3.63) is 40.0 Å². The van der Waals surface area contributed by atoms with Crippen molar-refractivity contribution in [2.75, 3.05) is 0 Å². The zero-order valence-electron chi connectivity index (χ0n) is 10.4. The molecule has 1 aromatic carbocycles. The van der Waals surface area contributed by atoms with E-state index in [0.717, 1.165) is 0 Å². The van der Waals surface area contributed by atoms with Crippen LogP contribution < -0.4 is 0 Å². The van der Waals surface area contributed by atoms with Gasteiger partial charge in [-0.2, -0.15) is 0 Å². The third kappa shape index (κ3) is 1.84. The van der Waals surface area contributed by atoms with Crippen LogP contribution in [-0.4, -0.2) is 5.78 Å². The summed E-state index contributed by atoms with van der Waals surface area (Å²) >= 11 is 0. The monoisotopic (exact) mass is 226 g/mol. The number of fused-ring (bicyclic) bond motifs is 2. The summed E-state index contributed by atoms with van der Waals surface area (Å²) in [6.45, 7) is 1.62. The fourth-order valence-corrected chi connectivity index (χ4v) is 3.26. The van der Waals surface area contributed by atoms with E-state index in [9.17, 15) is 4.79 Å². The first-order chi connectivity index (χ1) is 8.25. The summed E-state index contributed by atoms with van der Waals surface area (Å²) in [5.41, 5.74) is 7.48. The van der Waals surface area contributed by atoms with Crippen molar-refractivity contribution in [3.63, 3.8) is 0 Å². The molecule has 0 atom stereocenters. The van der Waals surface area contributed by atoms with Gasteiger partial charge in [0.1, 0.15) is 0 Å². The quantitative estimate of drug-likeness (QED) is 0.707. The number of benzene rings is 1. The van der Waals surface area contributed by atoms with Crippen molar-refractivity contribution in [2.24, 2.45) is 0 Å². The van der Waals surface area contributed by atoms with E-state index < -0.39 is 0 Å². The molecule has 1 nitrogen and oxygen atoms in total. The Bertz CT molecular complexity index is 476. The number of carbonyl (C=O) groups is 1. The summed E-state index contributed by atoms with van der Waals surface area (Å²) in [5.74, 6) is 0.146. The molecule has 3 rings (SSSR count). The summed E-state index contributed by atoms with van der Waals surface area (Å²) in [6, 6.07) is 2.43. The average molecular weight is 226 g/mol. The van der Waals surface area contributed by atoms with Crippen molar-refractivity contribution < 1.29 is 4.79 Å². The van der Waals surface area contributed by atoms with Crippen LogP contribution in [0.4, 0.5) is 0 Å². The van der Waals surface area contributed by atoms with Gasteiger partial charge >= 0.3 is 0 Å². The zero-order chi connectivity index (χ0) is 11.8. The summed E-state index contributed by atoms with van der Waals surface area (Å²) in [5, 5.41) is 0. The third-order valence-corrected chi connectivity index (χ3v) is 4.00. The number of aryl methyl sites for hydroxylation is 2. The molecule has 17 heavy (non-hydrogen) atoms. The molecule has 0 heterocycles. The second-order valence-corrected chi connectivity index (χ2v) is 5.22. The lowest BCUT2D eigenvalue weighted by Crippen LogP contribution is -1.96. The van der Waals surface area contributed by atoms with Gasteiger partial charge in [0.05, 0.1) is 0 Å². The van der Waals surface area contributed by atoms with Crippen molar-refractivity contribution in [1.82, 2.24) is 0 Å². The molecule has 0 amide bonds. The fourth-order valence-electron chi connectivity index (χ4n) is 3.26. The molecule has 0 saturated carbocycles. The van der Waals surface area contributed by atoms with Gasteiger partial charge in [-0.05, 0) is 79.3 Å². The second kappa shape index (κ2) is 4.14. The lowest BCUT2D eigenvalue weighted by molar-refractivity contribution is -0.112. The molecule has 0 saturated heterocycles. The molecular weight excluding hydrogens is 208 g/mol.